The average molecular weight is 449 g/mol. The van der Waals surface area contributed by atoms with Gasteiger partial charge in [0, 0.05) is 6.42 Å². The molecule has 0 saturated carbocycles. The molecule has 0 bridgehead atoms. The van der Waals surface area contributed by atoms with E-state index in [9.17, 15) is 9.59 Å². The molecule has 1 aliphatic rings. The van der Waals surface area contributed by atoms with Crippen LogP contribution in [0.15, 0.2) is 34.2 Å². The minimum absolute atomic E-state index is 0.0341. The van der Waals surface area contributed by atoms with Crippen molar-refractivity contribution in [2.24, 2.45) is 5.41 Å². The summed E-state index contributed by atoms with van der Waals surface area (Å²) in [4.78, 5) is 25.4. The van der Waals surface area contributed by atoms with Gasteiger partial charge in [0.15, 0.2) is 14.1 Å². The Morgan fingerprint density at radius 3 is 2.26 bits per heavy atom. The topological polar surface area (TPSA) is 65.7 Å². The minimum atomic E-state index is -1.98. The van der Waals surface area contributed by atoms with Crippen molar-refractivity contribution in [1.29, 1.82) is 0 Å². The van der Waals surface area contributed by atoms with Crippen LogP contribution in [-0.2, 0) is 18.8 Å². The Morgan fingerprint density at radius 1 is 1.13 bits per heavy atom. The van der Waals surface area contributed by atoms with Gasteiger partial charge in [0.05, 0.1) is 25.2 Å². The van der Waals surface area contributed by atoms with Gasteiger partial charge in [-0.15, -0.1) is 0 Å². The molecule has 31 heavy (non-hydrogen) atoms. The summed E-state index contributed by atoms with van der Waals surface area (Å²) in [6.45, 7) is 15.3. The highest BCUT2D eigenvalue weighted by atomic mass is 28.4. The second-order valence-electron chi connectivity index (χ2n) is 9.61. The zero-order chi connectivity index (χ0) is 23.2. The van der Waals surface area contributed by atoms with Crippen LogP contribution < -0.4 is 0 Å². The van der Waals surface area contributed by atoms with Crippen molar-refractivity contribution in [2.75, 3.05) is 6.61 Å². The van der Waals surface area contributed by atoms with Crippen molar-refractivity contribution < 1.29 is 23.2 Å². The highest BCUT2D eigenvalue weighted by molar-refractivity contribution is 6.73. The van der Waals surface area contributed by atoms with Crippen molar-refractivity contribution in [3.05, 3.63) is 35.3 Å². The monoisotopic (exact) mass is 448 g/mol. The van der Waals surface area contributed by atoms with Gasteiger partial charge in [-0.05, 0) is 66.4 Å². The molecule has 0 aromatic carbocycles. The van der Waals surface area contributed by atoms with Crippen LogP contribution in [-0.4, -0.2) is 32.8 Å². The van der Waals surface area contributed by atoms with Crippen LogP contribution in [0.5, 0.6) is 0 Å². The fourth-order valence-electron chi connectivity index (χ4n) is 4.69. The van der Waals surface area contributed by atoms with Crippen molar-refractivity contribution in [2.45, 2.75) is 97.9 Å². The molecule has 0 spiro atoms. The van der Waals surface area contributed by atoms with Gasteiger partial charge in [0.1, 0.15) is 5.57 Å². The summed E-state index contributed by atoms with van der Waals surface area (Å²) in [6.07, 6.45) is 4.88. The summed E-state index contributed by atoms with van der Waals surface area (Å²) in [6, 6.07) is 5.05. The first-order valence-corrected chi connectivity index (χ1v) is 14.3. The molecule has 2 rings (SSSR count). The van der Waals surface area contributed by atoms with Gasteiger partial charge in [-0.1, -0.05) is 41.5 Å². The summed E-state index contributed by atoms with van der Waals surface area (Å²) in [7, 11) is -1.98. The zero-order valence-electron chi connectivity index (χ0n) is 20.4. The van der Waals surface area contributed by atoms with E-state index in [1.54, 1.807) is 19.5 Å². The molecule has 0 fully saturated rings. The van der Waals surface area contributed by atoms with Crippen molar-refractivity contribution in [3.8, 4) is 0 Å². The number of ketones is 1. The number of Topliss-reactive ketones (excluding diaryl/α,β-unsaturated/α-hetero) is 1. The van der Waals surface area contributed by atoms with Crippen LogP contribution >= 0.6 is 0 Å². The summed E-state index contributed by atoms with van der Waals surface area (Å²) < 4.78 is 17.6. The number of hydrogen-bond donors (Lipinski definition) is 0. The van der Waals surface area contributed by atoms with E-state index in [1.165, 1.54) is 0 Å². The number of ether oxygens (including phenoxy) is 1. The Bertz CT molecular complexity index is 760. The summed E-state index contributed by atoms with van der Waals surface area (Å²) in [5, 5.41) is 0. The smallest absolute Gasteiger partial charge is 0.341 e. The summed E-state index contributed by atoms with van der Waals surface area (Å²) in [5.74, 6) is -0.449. The molecule has 0 unspecified atom stereocenters. The van der Waals surface area contributed by atoms with Crippen LogP contribution in [0.25, 0.3) is 0 Å². The van der Waals surface area contributed by atoms with Gasteiger partial charge in [-0.3, -0.25) is 4.79 Å². The normalized spacial score (nSPS) is 17.2. The molecule has 5 nitrogen and oxygen atoms in total. The molecule has 0 N–H and O–H groups in total. The number of rotatable bonds is 11. The van der Waals surface area contributed by atoms with Crippen LogP contribution in [0.3, 0.4) is 0 Å². The fraction of sp³-hybridized carbons (Fsp3) is 0.680. The molecule has 1 aromatic heterocycles. The first-order valence-electron chi connectivity index (χ1n) is 11.8. The van der Waals surface area contributed by atoms with Crippen LogP contribution in [0, 0.1) is 5.41 Å². The molecule has 1 heterocycles. The lowest BCUT2D eigenvalue weighted by molar-refractivity contribution is -0.139. The molecule has 174 valence electrons. The first kappa shape index (κ1) is 25.6. The molecular formula is C25H40O5Si. The third kappa shape index (κ3) is 5.98. The van der Waals surface area contributed by atoms with Gasteiger partial charge < -0.3 is 13.6 Å². The molecule has 6 heteroatoms. The van der Waals surface area contributed by atoms with E-state index < -0.39 is 14.3 Å². The third-order valence-electron chi connectivity index (χ3n) is 6.86. The molecular weight excluding hydrogens is 408 g/mol. The Morgan fingerprint density at radius 2 is 1.77 bits per heavy atom. The van der Waals surface area contributed by atoms with Gasteiger partial charge in [-0.2, -0.15) is 0 Å². The predicted octanol–water partition coefficient (Wildman–Crippen LogP) is 6.41. The first-order chi connectivity index (χ1) is 14.6. The molecule has 0 aliphatic heterocycles. The highest BCUT2D eigenvalue weighted by Crippen LogP contribution is 2.43. The van der Waals surface area contributed by atoms with Crippen molar-refractivity contribution >= 4 is 20.1 Å². The van der Waals surface area contributed by atoms with Crippen LogP contribution in [0.4, 0.5) is 0 Å². The molecule has 1 aliphatic carbocycles. The Hall–Kier alpha value is -1.66. The Kier molecular flexibility index (Phi) is 8.89. The van der Waals surface area contributed by atoms with E-state index in [2.05, 4.69) is 41.5 Å². The quantitative estimate of drug-likeness (QED) is 0.222. The lowest BCUT2D eigenvalue weighted by Gasteiger charge is -2.39. The molecule has 1 aromatic rings. The van der Waals surface area contributed by atoms with Crippen LogP contribution in [0.1, 0.15) is 79.2 Å². The number of carbonyl (C=O) groups is 2. The predicted molar refractivity (Wildman–Crippen MR) is 125 cm³/mol. The van der Waals surface area contributed by atoms with E-state index >= 15 is 0 Å². The minimum Gasteiger partial charge on any atom is -0.472 e. The van der Waals surface area contributed by atoms with Crippen LogP contribution in [0.2, 0.25) is 18.1 Å². The van der Waals surface area contributed by atoms with Crippen molar-refractivity contribution in [3.63, 3.8) is 0 Å². The van der Waals surface area contributed by atoms with E-state index in [4.69, 9.17) is 13.6 Å². The maximum absolute atomic E-state index is 12.7. The standard InChI is InChI=1S/C25H40O5Si/c1-8-29-24(27)23-19(12-13-21(23)26)22(30-31(9-2,10-3)11-4)16-20(25(5,6)7)18-14-15-28-17-18/h14-15,17,20,22H,8-13,16H2,1-7H3/t20-,22-/m1/s1. The van der Waals surface area contributed by atoms with Gasteiger partial charge in [-0.25, -0.2) is 4.79 Å². The summed E-state index contributed by atoms with van der Waals surface area (Å²) >= 11 is 0. The van der Waals surface area contributed by atoms with Gasteiger partial charge in [0.25, 0.3) is 0 Å². The van der Waals surface area contributed by atoms with Gasteiger partial charge >= 0.3 is 5.97 Å². The van der Waals surface area contributed by atoms with E-state index in [0.29, 0.717) is 19.3 Å². The fourth-order valence-corrected chi connectivity index (χ4v) is 7.53. The lowest BCUT2D eigenvalue weighted by Crippen LogP contribution is -2.42. The second kappa shape index (κ2) is 10.8. The summed E-state index contributed by atoms with van der Waals surface area (Å²) in [5.41, 5.74) is 2.17. The number of esters is 1. The van der Waals surface area contributed by atoms with E-state index in [1.807, 2.05) is 6.07 Å². The lowest BCUT2D eigenvalue weighted by atomic mass is 9.73. The maximum Gasteiger partial charge on any atom is 0.341 e. The zero-order valence-corrected chi connectivity index (χ0v) is 21.4. The Labute approximate surface area is 188 Å². The highest BCUT2D eigenvalue weighted by Gasteiger charge is 2.41. The SMILES string of the molecule is CCOC(=O)C1=C([C@@H](C[C@H](c2ccoc2)C(C)(C)C)O[Si](CC)(CC)CC)CCC1=O. The van der Waals surface area contributed by atoms with Gasteiger partial charge in [0.2, 0.25) is 0 Å². The second-order valence-corrected chi connectivity index (χ2v) is 14.3. The van der Waals surface area contributed by atoms with E-state index in [0.717, 1.165) is 29.3 Å². The Balaban J connectivity index is 2.55. The molecule has 0 radical (unpaired) electrons. The molecule has 0 amide bonds. The largest absolute Gasteiger partial charge is 0.472 e. The van der Waals surface area contributed by atoms with E-state index in [-0.39, 0.29) is 35.4 Å². The van der Waals surface area contributed by atoms with Crippen molar-refractivity contribution in [1.82, 2.24) is 0 Å². The number of carbonyl (C=O) groups excluding carboxylic acids is 2. The number of furan rings is 1. The molecule has 2 atom stereocenters. The average Bonchev–Trinajstić information content (AvgIpc) is 3.38. The number of hydrogen-bond acceptors (Lipinski definition) is 5. The molecule has 0 saturated heterocycles. The maximum atomic E-state index is 12.7. The third-order valence-corrected chi connectivity index (χ3v) is 11.5.